The van der Waals surface area contributed by atoms with Gasteiger partial charge in [-0.2, -0.15) is 0 Å². The van der Waals surface area contributed by atoms with E-state index in [1.54, 1.807) is 36.4 Å². The largest absolute Gasteiger partial charge is 0.486 e. The fourth-order valence-electron chi connectivity index (χ4n) is 2.32. The van der Waals surface area contributed by atoms with Crippen LogP contribution in [0.3, 0.4) is 0 Å². The van der Waals surface area contributed by atoms with E-state index in [4.69, 9.17) is 21.1 Å². The third kappa shape index (κ3) is 3.26. The summed E-state index contributed by atoms with van der Waals surface area (Å²) in [4.78, 5) is 24.5. The van der Waals surface area contributed by atoms with Crippen molar-refractivity contribution in [3.8, 4) is 11.5 Å². The summed E-state index contributed by atoms with van der Waals surface area (Å²) in [6.45, 7) is 4.23. The van der Waals surface area contributed by atoms with Crippen LogP contribution in [0.25, 0.3) is 0 Å². The molecule has 24 heavy (non-hydrogen) atoms. The van der Waals surface area contributed by atoms with Gasteiger partial charge in [0.1, 0.15) is 13.2 Å². The molecule has 0 bridgehead atoms. The van der Waals surface area contributed by atoms with Crippen LogP contribution < -0.4 is 14.8 Å². The second kappa shape index (κ2) is 6.76. The van der Waals surface area contributed by atoms with E-state index < -0.39 is 5.91 Å². The summed E-state index contributed by atoms with van der Waals surface area (Å²) in [5.74, 6) is 0.267. The first-order valence-electron chi connectivity index (χ1n) is 7.26. The molecule has 0 unspecified atom stereocenters. The van der Waals surface area contributed by atoms with Gasteiger partial charge in [0.05, 0.1) is 11.3 Å². The lowest BCUT2D eigenvalue weighted by Crippen LogP contribution is -2.18. The van der Waals surface area contributed by atoms with Crippen molar-refractivity contribution >= 4 is 29.0 Å². The average molecular weight is 344 g/mol. The maximum Gasteiger partial charge on any atom is 0.247 e. The Morgan fingerprint density at radius 1 is 1.08 bits per heavy atom. The first kappa shape index (κ1) is 16.1. The van der Waals surface area contributed by atoms with Gasteiger partial charge >= 0.3 is 0 Å². The van der Waals surface area contributed by atoms with Gasteiger partial charge in [0, 0.05) is 16.7 Å². The predicted molar refractivity (Wildman–Crippen MR) is 91.1 cm³/mol. The summed E-state index contributed by atoms with van der Waals surface area (Å²) >= 11 is 5.86. The Bertz CT molecular complexity index is 815. The van der Waals surface area contributed by atoms with Crippen molar-refractivity contribution in [1.29, 1.82) is 0 Å². The molecule has 1 heterocycles. The number of hydrogen-bond acceptors (Lipinski definition) is 4. The lowest BCUT2D eigenvalue weighted by atomic mass is 10.0. The van der Waals surface area contributed by atoms with Gasteiger partial charge in [-0.05, 0) is 36.4 Å². The minimum Gasteiger partial charge on any atom is -0.486 e. The summed E-state index contributed by atoms with van der Waals surface area (Å²) < 4.78 is 11.0. The molecule has 5 nitrogen and oxygen atoms in total. The second-order valence-corrected chi connectivity index (χ2v) is 5.51. The fourth-order valence-corrected chi connectivity index (χ4v) is 2.45. The first-order valence-corrected chi connectivity index (χ1v) is 7.63. The van der Waals surface area contributed by atoms with Gasteiger partial charge in [0.25, 0.3) is 0 Å². The van der Waals surface area contributed by atoms with E-state index in [9.17, 15) is 9.59 Å². The van der Waals surface area contributed by atoms with Gasteiger partial charge in [-0.3, -0.25) is 9.59 Å². The summed E-state index contributed by atoms with van der Waals surface area (Å²) in [5, 5.41) is 3.17. The van der Waals surface area contributed by atoms with Crippen molar-refractivity contribution < 1.29 is 19.1 Å². The number of benzene rings is 2. The summed E-state index contributed by atoms with van der Waals surface area (Å²) in [7, 11) is 0. The number of ether oxygens (including phenoxy) is 2. The number of amides is 1. The topological polar surface area (TPSA) is 64.6 Å². The van der Waals surface area contributed by atoms with Crippen LogP contribution in [0.5, 0.6) is 11.5 Å². The Balaban J connectivity index is 2.06. The first-order chi connectivity index (χ1) is 11.6. The standard InChI is InChI=1S/C18H14ClNO4/c1-2-17(21)20-14-10-16-15(23-7-8-24-16)9-13(14)18(22)11-3-5-12(19)6-4-11/h2-6,9-10H,1,7-8H2,(H,20,21). The Morgan fingerprint density at radius 2 is 1.71 bits per heavy atom. The van der Waals surface area contributed by atoms with Crippen LogP contribution in [0, 0.1) is 0 Å². The van der Waals surface area contributed by atoms with E-state index in [0.717, 1.165) is 6.08 Å². The Kier molecular flexibility index (Phi) is 4.53. The van der Waals surface area contributed by atoms with Crippen molar-refractivity contribution in [2.75, 3.05) is 18.5 Å². The van der Waals surface area contributed by atoms with Crippen molar-refractivity contribution in [3.05, 3.63) is 65.2 Å². The number of anilines is 1. The fraction of sp³-hybridized carbons (Fsp3) is 0.111. The van der Waals surface area contributed by atoms with Crippen molar-refractivity contribution in [2.45, 2.75) is 0 Å². The maximum atomic E-state index is 12.8. The highest BCUT2D eigenvalue weighted by Crippen LogP contribution is 2.36. The van der Waals surface area contributed by atoms with E-state index in [1.165, 1.54) is 0 Å². The van der Waals surface area contributed by atoms with Crippen LogP contribution in [0.1, 0.15) is 15.9 Å². The van der Waals surface area contributed by atoms with Gasteiger partial charge in [0.2, 0.25) is 5.91 Å². The van der Waals surface area contributed by atoms with Crippen molar-refractivity contribution in [2.24, 2.45) is 0 Å². The lowest BCUT2D eigenvalue weighted by molar-refractivity contribution is -0.111. The lowest BCUT2D eigenvalue weighted by Gasteiger charge is -2.21. The third-order valence-corrected chi connectivity index (χ3v) is 3.73. The molecule has 1 aliphatic rings. The van der Waals surface area contributed by atoms with Gasteiger partial charge in [-0.15, -0.1) is 0 Å². The van der Waals surface area contributed by atoms with Crippen LogP contribution in [-0.2, 0) is 4.79 Å². The number of ketones is 1. The third-order valence-electron chi connectivity index (χ3n) is 3.48. The number of nitrogens with one attached hydrogen (secondary N) is 1. The van der Waals surface area contributed by atoms with E-state index >= 15 is 0 Å². The van der Waals surface area contributed by atoms with Gasteiger partial charge in [0.15, 0.2) is 17.3 Å². The van der Waals surface area contributed by atoms with Crippen molar-refractivity contribution in [3.63, 3.8) is 0 Å². The summed E-state index contributed by atoms with van der Waals surface area (Å²) in [5.41, 5.74) is 1.09. The number of fused-ring (bicyclic) bond motifs is 1. The molecule has 0 aliphatic carbocycles. The quantitative estimate of drug-likeness (QED) is 0.682. The zero-order valence-corrected chi connectivity index (χ0v) is 13.4. The van der Waals surface area contributed by atoms with E-state index in [1.807, 2.05) is 0 Å². The summed E-state index contributed by atoms with van der Waals surface area (Å²) in [6, 6.07) is 9.67. The Morgan fingerprint density at radius 3 is 2.33 bits per heavy atom. The average Bonchev–Trinajstić information content (AvgIpc) is 2.61. The molecule has 0 fully saturated rings. The van der Waals surface area contributed by atoms with Crippen LogP contribution in [0.15, 0.2) is 49.1 Å². The minimum atomic E-state index is -0.420. The molecule has 1 aliphatic heterocycles. The van der Waals surface area contributed by atoms with Crippen LogP contribution >= 0.6 is 11.6 Å². The Labute approximate surface area is 143 Å². The maximum absolute atomic E-state index is 12.8. The van der Waals surface area contributed by atoms with Gasteiger partial charge in [-0.25, -0.2) is 0 Å². The molecule has 3 rings (SSSR count). The molecule has 0 aromatic heterocycles. The highest BCUT2D eigenvalue weighted by molar-refractivity contribution is 6.30. The molecule has 0 atom stereocenters. The minimum absolute atomic E-state index is 0.261. The van der Waals surface area contributed by atoms with Crippen molar-refractivity contribution in [1.82, 2.24) is 0 Å². The number of rotatable bonds is 4. The summed E-state index contributed by atoms with van der Waals surface area (Å²) in [6.07, 6.45) is 1.13. The zero-order valence-electron chi connectivity index (χ0n) is 12.7. The van der Waals surface area contributed by atoms with E-state index in [2.05, 4.69) is 11.9 Å². The molecule has 0 saturated heterocycles. The monoisotopic (exact) mass is 343 g/mol. The van der Waals surface area contributed by atoms with Gasteiger partial charge < -0.3 is 14.8 Å². The molecule has 6 heteroatoms. The molecule has 0 radical (unpaired) electrons. The molecule has 122 valence electrons. The van der Waals surface area contributed by atoms with Crippen LogP contribution in [-0.4, -0.2) is 24.9 Å². The molecule has 0 spiro atoms. The van der Waals surface area contributed by atoms with Crippen LogP contribution in [0.4, 0.5) is 5.69 Å². The zero-order chi connectivity index (χ0) is 17.1. The van der Waals surface area contributed by atoms with E-state index in [0.29, 0.717) is 46.5 Å². The smallest absolute Gasteiger partial charge is 0.247 e. The number of halogens is 1. The normalized spacial score (nSPS) is 12.4. The highest BCUT2D eigenvalue weighted by Gasteiger charge is 2.21. The van der Waals surface area contributed by atoms with E-state index in [-0.39, 0.29) is 5.78 Å². The number of carbonyl (C=O) groups excluding carboxylic acids is 2. The Hall–Kier alpha value is -2.79. The molecule has 0 saturated carbocycles. The molecule has 1 N–H and O–H groups in total. The molecule has 2 aromatic rings. The second-order valence-electron chi connectivity index (χ2n) is 5.07. The highest BCUT2D eigenvalue weighted by atomic mass is 35.5. The number of hydrogen-bond donors (Lipinski definition) is 1. The molecular formula is C18H14ClNO4. The number of carbonyl (C=O) groups is 2. The molecule has 2 aromatic carbocycles. The molecular weight excluding hydrogens is 330 g/mol. The SMILES string of the molecule is C=CC(=O)Nc1cc2c(cc1C(=O)c1ccc(Cl)cc1)OCCO2. The van der Waals surface area contributed by atoms with Crippen LogP contribution in [0.2, 0.25) is 5.02 Å². The predicted octanol–water partition coefficient (Wildman–Crippen LogP) is 3.47. The van der Waals surface area contributed by atoms with Gasteiger partial charge in [-0.1, -0.05) is 18.2 Å². The molecule has 1 amide bonds.